The summed E-state index contributed by atoms with van der Waals surface area (Å²) in [5.41, 5.74) is 7.29. The number of nitrogens with two attached hydrogens (primary N) is 1. The average molecular weight is 485 g/mol. The molecule has 0 spiro atoms. The van der Waals surface area contributed by atoms with Crippen LogP contribution in [0.4, 0.5) is 11.6 Å². The number of hydrogen-bond donors (Lipinski definition) is 2. The van der Waals surface area contributed by atoms with Gasteiger partial charge in [-0.15, -0.1) is 10.2 Å². The lowest BCUT2D eigenvalue weighted by molar-refractivity contribution is 0.355. The van der Waals surface area contributed by atoms with Gasteiger partial charge in [0.2, 0.25) is 21.8 Å². The maximum Gasteiger partial charge on any atom is 0.248 e. The number of sulfonamides is 1. The molecule has 4 rings (SSSR count). The number of anilines is 2. The Morgan fingerprint density at radius 2 is 1.94 bits per heavy atom. The third-order valence-electron chi connectivity index (χ3n) is 6.40. The fourth-order valence-electron chi connectivity index (χ4n) is 4.10. The Hall–Kier alpha value is -2.98. The second-order valence-corrected chi connectivity index (χ2v) is 11.6. The van der Waals surface area contributed by atoms with E-state index in [-0.39, 0.29) is 17.8 Å². The lowest BCUT2D eigenvalue weighted by Crippen LogP contribution is -2.35. The van der Waals surface area contributed by atoms with Gasteiger partial charge in [-0.1, -0.05) is 37.3 Å². The van der Waals surface area contributed by atoms with Crippen molar-refractivity contribution in [1.29, 1.82) is 0 Å². The maximum absolute atomic E-state index is 12.2. The van der Waals surface area contributed by atoms with Gasteiger partial charge in [0.05, 0.1) is 11.8 Å². The predicted octanol–water partition coefficient (Wildman–Crippen LogP) is 3.40. The zero-order valence-corrected chi connectivity index (χ0v) is 21.0. The van der Waals surface area contributed by atoms with Gasteiger partial charge in [-0.25, -0.2) is 13.4 Å². The van der Waals surface area contributed by atoms with Gasteiger partial charge in [0.15, 0.2) is 0 Å². The summed E-state index contributed by atoms with van der Waals surface area (Å²) in [6.45, 7) is 6.17. The number of benzene rings is 1. The van der Waals surface area contributed by atoms with E-state index in [1.807, 2.05) is 37.3 Å². The maximum atomic E-state index is 12.2. The van der Waals surface area contributed by atoms with Gasteiger partial charge in [-0.3, -0.25) is 4.31 Å². The molecule has 10 heteroatoms. The third-order valence-corrected chi connectivity index (χ3v) is 7.58. The third kappa shape index (κ3) is 5.39. The first-order chi connectivity index (χ1) is 15.9. The lowest BCUT2D eigenvalue weighted by Gasteiger charge is -2.20. The molecule has 1 aliphatic rings. The van der Waals surface area contributed by atoms with Gasteiger partial charge in [-0.2, -0.15) is 0 Å². The SMILES string of the molecule is C[C@@H]1C[C@H]1[C@@H](C)Nc1cc(-c2nnc([C@](C)(N)Cc3ccccc3)o2)cc(N(C)S(C)(=O)=O)n1. The first-order valence-corrected chi connectivity index (χ1v) is 13.2. The Bertz CT molecular complexity index is 1260. The summed E-state index contributed by atoms with van der Waals surface area (Å²) in [6.07, 6.45) is 2.82. The van der Waals surface area contributed by atoms with Crippen molar-refractivity contribution in [3.63, 3.8) is 0 Å². The van der Waals surface area contributed by atoms with E-state index in [1.54, 1.807) is 12.1 Å². The van der Waals surface area contributed by atoms with E-state index in [0.717, 1.165) is 22.5 Å². The summed E-state index contributed by atoms with van der Waals surface area (Å²) >= 11 is 0. The molecule has 3 aromatic rings. The molecular weight excluding hydrogens is 452 g/mol. The van der Waals surface area contributed by atoms with Crippen LogP contribution < -0.4 is 15.4 Å². The molecule has 2 heterocycles. The number of nitrogens with zero attached hydrogens (tertiary/aromatic N) is 4. The molecule has 3 N–H and O–H groups in total. The number of nitrogens with one attached hydrogen (secondary N) is 1. The molecule has 0 aliphatic heterocycles. The van der Waals surface area contributed by atoms with Crippen molar-refractivity contribution in [2.75, 3.05) is 22.9 Å². The minimum atomic E-state index is -3.51. The molecule has 1 aromatic carbocycles. The molecule has 0 amide bonds. The van der Waals surface area contributed by atoms with E-state index in [4.69, 9.17) is 10.2 Å². The number of pyridine rings is 1. The van der Waals surface area contributed by atoms with Crippen molar-refractivity contribution < 1.29 is 12.8 Å². The van der Waals surface area contributed by atoms with Gasteiger partial charge in [-0.05, 0) is 56.2 Å². The molecule has 0 saturated heterocycles. The largest absolute Gasteiger partial charge is 0.419 e. The molecule has 4 atom stereocenters. The monoisotopic (exact) mass is 484 g/mol. The topological polar surface area (TPSA) is 127 Å². The van der Waals surface area contributed by atoms with Crippen molar-refractivity contribution in [3.8, 4) is 11.5 Å². The van der Waals surface area contributed by atoms with Crippen molar-refractivity contribution in [2.45, 2.75) is 45.2 Å². The second-order valence-electron chi connectivity index (χ2n) is 9.63. The highest BCUT2D eigenvalue weighted by Gasteiger charge is 2.37. The van der Waals surface area contributed by atoms with Crippen LogP contribution in [0, 0.1) is 11.8 Å². The van der Waals surface area contributed by atoms with Crippen LogP contribution in [0.1, 0.15) is 38.6 Å². The van der Waals surface area contributed by atoms with Gasteiger partial charge in [0.25, 0.3) is 0 Å². The standard InChI is InChI=1S/C24H32N6O3S/c1-15-11-19(15)16(2)26-20-12-18(13-21(27-20)30(4)34(5,31)32)22-28-29-23(33-22)24(3,25)14-17-9-7-6-8-10-17/h6-10,12-13,15-16,19H,11,14,25H2,1-5H3,(H,26,27)/t15-,16-,19-,24-/m1/s1. The van der Waals surface area contributed by atoms with Crippen LogP contribution in [0.3, 0.4) is 0 Å². The molecular formula is C24H32N6O3S. The summed E-state index contributed by atoms with van der Waals surface area (Å²) in [5.74, 6) is 2.59. The van der Waals surface area contributed by atoms with Crippen LogP contribution in [0.5, 0.6) is 0 Å². The minimum Gasteiger partial charge on any atom is -0.419 e. The molecule has 0 unspecified atom stereocenters. The average Bonchev–Trinajstić information content (AvgIpc) is 3.29. The predicted molar refractivity (Wildman–Crippen MR) is 133 cm³/mol. The van der Waals surface area contributed by atoms with Crippen LogP contribution in [0.25, 0.3) is 11.5 Å². The minimum absolute atomic E-state index is 0.200. The molecule has 1 saturated carbocycles. The number of hydrogen-bond acceptors (Lipinski definition) is 8. The van der Waals surface area contributed by atoms with E-state index in [9.17, 15) is 8.42 Å². The smallest absolute Gasteiger partial charge is 0.248 e. The van der Waals surface area contributed by atoms with Gasteiger partial charge in [0, 0.05) is 18.7 Å². The molecule has 0 bridgehead atoms. The van der Waals surface area contributed by atoms with Crippen LogP contribution in [0.15, 0.2) is 46.9 Å². The van der Waals surface area contributed by atoms with E-state index in [0.29, 0.717) is 35.5 Å². The van der Waals surface area contributed by atoms with Gasteiger partial charge >= 0.3 is 0 Å². The van der Waals surface area contributed by atoms with Crippen LogP contribution in [-0.2, 0) is 22.0 Å². The summed E-state index contributed by atoms with van der Waals surface area (Å²) in [4.78, 5) is 4.53. The molecule has 9 nitrogen and oxygen atoms in total. The number of aromatic nitrogens is 3. The van der Waals surface area contributed by atoms with Crippen molar-refractivity contribution >= 4 is 21.7 Å². The number of rotatable bonds is 9. The van der Waals surface area contributed by atoms with Crippen molar-refractivity contribution in [2.24, 2.45) is 17.6 Å². The van der Waals surface area contributed by atoms with E-state index >= 15 is 0 Å². The Labute approximate surface area is 200 Å². The second kappa shape index (κ2) is 8.99. The fourth-order valence-corrected chi connectivity index (χ4v) is 4.53. The Morgan fingerprint density at radius 1 is 1.26 bits per heavy atom. The summed E-state index contributed by atoms with van der Waals surface area (Å²) < 4.78 is 31.5. The fraction of sp³-hybridized carbons (Fsp3) is 0.458. The van der Waals surface area contributed by atoms with Crippen LogP contribution >= 0.6 is 0 Å². The molecule has 1 aliphatic carbocycles. The van der Waals surface area contributed by atoms with Crippen LogP contribution in [0.2, 0.25) is 0 Å². The first-order valence-electron chi connectivity index (χ1n) is 11.3. The molecule has 182 valence electrons. The van der Waals surface area contributed by atoms with Crippen LogP contribution in [-0.4, -0.2) is 42.9 Å². The van der Waals surface area contributed by atoms with Gasteiger partial charge < -0.3 is 15.5 Å². The zero-order chi connectivity index (χ0) is 24.7. The van der Waals surface area contributed by atoms with Crippen molar-refractivity contribution in [1.82, 2.24) is 15.2 Å². The highest BCUT2D eigenvalue weighted by molar-refractivity contribution is 7.92. The van der Waals surface area contributed by atoms with Crippen molar-refractivity contribution in [3.05, 3.63) is 53.9 Å². The quantitative estimate of drug-likeness (QED) is 0.473. The molecule has 1 fully saturated rings. The van der Waals surface area contributed by atoms with E-state index in [1.165, 1.54) is 7.05 Å². The highest BCUT2D eigenvalue weighted by atomic mass is 32.2. The summed E-state index contributed by atoms with van der Waals surface area (Å²) in [5, 5.41) is 11.8. The summed E-state index contributed by atoms with van der Waals surface area (Å²) in [6, 6.07) is 13.5. The highest BCUT2D eigenvalue weighted by Crippen LogP contribution is 2.41. The summed E-state index contributed by atoms with van der Waals surface area (Å²) in [7, 11) is -2.04. The zero-order valence-electron chi connectivity index (χ0n) is 20.2. The van der Waals surface area contributed by atoms with E-state index in [2.05, 4.69) is 34.3 Å². The Morgan fingerprint density at radius 3 is 2.56 bits per heavy atom. The Balaban J connectivity index is 1.66. The lowest BCUT2D eigenvalue weighted by atomic mass is 9.94. The normalized spacial score (nSPS) is 20.4. The Kier molecular flexibility index (Phi) is 6.39. The molecule has 2 aromatic heterocycles. The molecule has 0 radical (unpaired) electrons. The van der Waals surface area contributed by atoms with Gasteiger partial charge in [0.1, 0.15) is 11.6 Å². The molecule has 34 heavy (non-hydrogen) atoms. The van der Waals surface area contributed by atoms with E-state index < -0.39 is 15.6 Å². The first kappa shape index (κ1) is 24.2.